The Hall–Kier alpha value is -3.85. The zero-order valence-electron chi connectivity index (χ0n) is 24.5. The number of aliphatic hydroxyl groups is 1. The summed E-state index contributed by atoms with van der Waals surface area (Å²) in [7, 11) is 0. The molecule has 0 saturated carbocycles. The van der Waals surface area contributed by atoms with Gasteiger partial charge in [-0.1, -0.05) is 32.0 Å². The number of nitrogens with zero attached hydrogens (tertiary/aromatic N) is 2. The molecule has 218 valence electrons. The van der Waals surface area contributed by atoms with E-state index in [-0.39, 0.29) is 17.4 Å². The maximum absolute atomic E-state index is 14.1. The lowest BCUT2D eigenvalue weighted by atomic mass is 9.94. The standard InChI is InChI=1S/C32H39FN4O4/c1-18(2)28(31(40)37-26(12-13-27(37)32(5,6)41)22-8-7-9-25(33)17-22)34-29(38)23-11-10-21(19(3)14-23)16-24-15-20(4)35-36-30(24)39/h7-11,14-15,17-18,26-28,41H,12-13,16H2,1-6H3,(H,34,38)(H,36,39)/t26-,27?,28?/m0/s1. The molecule has 1 aliphatic heterocycles. The fourth-order valence-corrected chi connectivity index (χ4v) is 5.68. The summed E-state index contributed by atoms with van der Waals surface area (Å²) in [6, 6.07) is 11.4. The van der Waals surface area contributed by atoms with Crippen molar-refractivity contribution in [2.75, 3.05) is 0 Å². The number of aromatic nitrogens is 2. The van der Waals surface area contributed by atoms with E-state index in [9.17, 15) is 23.9 Å². The van der Waals surface area contributed by atoms with Crippen LogP contribution in [0.3, 0.4) is 0 Å². The number of amides is 2. The predicted molar refractivity (Wildman–Crippen MR) is 155 cm³/mol. The summed E-state index contributed by atoms with van der Waals surface area (Å²) in [5.74, 6) is -1.35. The average Bonchev–Trinajstić information content (AvgIpc) is 3.36. The van der Waals surface area contributed by atoms with Crippen LogP contribution >= 0.6 is 0 Å². The molecule has 0 aliphatic carbocycles. The van der Waals surface area contributed by atoms with Crippen LogP contribution in [0.1, 0.15) is 84.9 Å². The van der Waals surface area contributed by atoms with E-state index in [2.05, 4.69) is 15.5 Å². The van der Waals surface area contributed by atoms with Gasteiger partial charge in [0.15, 0.2) is 0 Å². The highest BCUT2D eigenvalue weighted by Crippen LogP contribution is 2.41. The molecule has 2 aromatic carbocycles. The van der Waals surface area contributed by atoms with Crippen LogP contribution in [0.4, 0.5) is 4.39 Å². The molecule has 4 rings (SSSR count). The number of rotatable bonds is 8. The van der Waals surface area contributed by atoms with Gasteiger partial charge in [0.05, 0.1) is 23.4 Å². The molecular formula is C32H39FN4O4. The molecule has 1 aromatic heterocycles. The van der Waals surface area contributed by atoms with Gasteiger partial charge in [-0.2, -0.15) is 5.10 Å². The number of hydrogen-bond donors (Lipinski definition) is 3. The van der Waals surface area contributed by atoms with E-state index < -0.39 is 35.5 Å². The van der Waals surface area contributed by atoms with Gasteiger partial charge in [0, 0.05) is 17.5 Å². The van der Waals surface area contributed by atoms with Crippen LogP contribution in [0, 0.1) is 25.6 Å². The van der Waals surface area contributed by atoms with Crippen molar-refractivity contribution in [2.24, 2.45) is 5.92 Å². The summed E-state index contributed by atoms with van der Waals surface area (Å²) in [5, 5.41) is 20.3. The molecule has 0 spiro atoms. The number of likely N-dealkylation sites (tertiary alicyclic amines) is 1. The number of aromatic amines is 1. The first kappa shape index (κ1) is 30.1. The topological polar surface area (TPSA) is 115 Å². The normalized spacial score (nSPS) is 18.0. The van der Waals surface area contributed by atoms with Crippen molar-refractivity contribution in [2.45, 2.75) is 84.5 Å². The second kappa shape index (κ2) is 11.9. The Morgan fingerprint density at radius 1 is 1.12 bits per heavy atom. The smallest absolute Gasteiger partial charge is 0.267 e. The van der Waals surface area contributed by atoms with Gasteiger partial charge in [-0.25, -0.2) is 9.49 Å². The zero-order valence-corrected chi connectivity index (χ0v) is 24.5. The number of carbonyl (C=O) groups is 2. The largest absolute Gasteiger partial charge is 0.388 e. The molecule has 3 aromatic rings. The van der Waals surface area contributed by atoms with Gasteiger partial charge in [-0.15, -0.1) is 0 Å². The molecule has 3 atom stereocenters. The quantitative estimate of drug-likeness (QED) is 0.377. The summed E-state index contributed by atoms with van der Waals surface area (Å²) >= 11 is 0. The third kappa shape index (κ3) is 6.73. The number of aryl methyl sites for hydroxylation is 2. The Balaban J connectivity index is 1.58. The van der Waals surface area contributed by atoms with E-state index in [1.165, 1.54) is 12.1 Å². The van der Waals surface area contributed by atoms with Crippen molar-refractivity contribution in [3.8, 4) is 0 Å². The minimum atomic E-state index is -1.19. The third-order valence-corrected chi connectivity index (χ3v) is 7.90. The molecule has 1 saturated heterocycles. The van der Waals surface area contributed by atoms with Gasteiger partial charge in [-0.3, -0.25) is 14.4 Å². The van der Waals surface area contributed by atoms with Crippen molar-refractivity contribution in [3.05, 3.63) is 98.2 Å². The van der Waals surface area contributed by atoms with E-state index in [1.807, 2.05) is 26.8 Å². The lowest BCUT2D eigenvalue weighted by Crippen LogP contribution is -2.56. The highest BCUT2D eigenvalue weighted by Gasteiger charge is 2.46. The Kier molecular flexibility index (Phi) is 8.77. The summed E-state index contributed by atoms with van der Waals surface area (Å²) in [6.45, 7) is 10.7. The number of halogens is 1. The summed E-state index contributed by atoms with van der Waals surface area (Å²) < 4.78 is 14.1. The first-order chi connectivity index (χ1) is 19.3. The fraction of sp³-hybridized carbons (Fsp3) is 0.438. The Morgan fingerprint density at radius 3 is 2.49 bits per heavy atom. The van der Waals surface area contributed by atoms with E-state index >= 15 is 0 Å². The molecule has 1 fully saturated rings. The molecule has 2 heterocycles. The lowest BCUT2D eigenvalue weighted by Gasteiger charge is -2.39. The molecule has 0 bridgehead atoms. The molecule has 41 heavy (non-hydrogen) atoms. The minimum Gasteiger partial charge on any atom is -0.388 e. The second-order valence-electron chi connectivity index (χ2n) is 11.9. The van der Waals surface area contributed by atoms with Crippen LogP contribution in [-0.4, -0.2) is 49.7 Å². The van der Waals surface area contributed by atoms with Gasteiger partial charge in [-0.05, 0) is 93.5 Å². The van der Waals surface area contributed by atoms with Crippen molar-refractivity contribution in [3.63, 3.8) is 0 Å². The summed E-state index contributed by atoms with van der Waals surface area (Å²) in [5.41, 5.74) is 2.65. The number of nitrogens with one attached hydrogen (secondary N) is 2. The van der Waals surface area contributed by atoms with Crippen LogP contribution in [0.25, 0.3) is 0 Å². The summed E-state index contributed by atoms with van der Waals surface area (Å²) in [4.78, 5) is 41.4. The molecule has 3 N–H and O–H groups in total. The van der Waals surface area contributed by atoms with E-state index in [0.717, 1.165) is 11.1 Å². The molecule has 8 nitrogen and oxygen atoms in total. The zero-order chi connectivity index (χ0) is 30.1. The Labute approximate surface area is 240 Å². The Bertz CT molecular complexity index is 1490. The highest BCUT2D eigenvalue weighted by atomic mass is 19.1. The van der Waals surface area contributed by atoms with Crippen LogP contribution in [0.5, 0.6) is 0 Å². The van der Waals surface area contributed by atoms with Crippen LogP contribution in [0.2, 0.25) is 0 Å². The van der Waals surface area contributed by atoms with E-state index in [0.29, 0.717) is 41.6 Å². The van der Waals surface area contributed by atoms with E-state index in [4.69, 9.17) is 0 Å². The molecule has 2 unspecified atom stereocenters. The predicted octanol–water partition coefficient (Wildman–Crippen LogP) is 4.37. The lowest BCUT2D eigenvalue weighted by molar-refractivity contribution is -0.142. The first-order valence-electron chi connectivity index (χ1n) is 14.0. The number of carbonyl (C=O) groups excluding carboxylic acids is 2. The van der Waals surface area contributed by atoms with Crippen molar-refractivity contribution < 1.29 is 19.1 Å². The number of H-pyrrole nitrogens is 1. The Morgan fingerprint density at radius 2 is 1.85 bits per heavy atom. The van der Waals surface area contributed by atoms with Crippen molar-refractivity contribution in [1.82, 2.24) is 20.4 Å². The van der Waals surface area contributed by atoms with Gasteiger partial charge in [0.1, 0.15) is 11.9 Å². The first-order valence-corrected chi connectivity index (χ1v) is 14.0. The summed E-state index contributed by atoms with van der Waals surface area (Å²) in [6.07, 6.45) is 1.52. The van der Waals surface area contributed by atoms with Gasteiger partial charge < -0.3 is 15.3 Å². The number of benzene rings is 2. The monoisotopic (exact) mass is 562 g/mol. The third-order valence-electron chi connectivity index (χ3n) is 7.90. The van der Waals surface area contributed by atoms with Crippen LogP contribution < -0.4 is 10.9 Å². The van der Waals surface area contributed by atoms with Crippen LogP contribution in [-0.2, 0) is 11.2 Å². The van der Waals surface area contributed by atoms with Gasteiger partial charge in [0.25, 0.3) is 11.5 Å². The molecule has 0 radical (unpaired) electrons. The molecule has 2 amide bonds. The van der Waals surface area contributed by atoms with Crippen LogP contribution in [0.15, 0.2) is 53.3 Å². The molecular weight excluding hydrogens is 523 g/mol. The maximum Gasteiger partial charge on any atom is 0.267 e. The van der Waals surface area contributed by atoms with Crippen molar-refractivity contribution in [1.29, 1.82) is 0 Å². The number of hydrogen-bond acceptors (Lipinski definition) is 5. The SMILES string of the molecule is Cc1cc(Cc2ccc(C(=O)NC(C(=O)N3C(C(C)(C)O)CC[C@H]3c3cccc(F)c3)C(C)C)cc2C)c(=O)[nH]n1. The van der Waals surface area contributed by atoms with Gasteiger partial charge >= 0.3 is 0 Å². The average molecular weight is 563 g/mol. The van der Waals surface area contributed by atoms with Crippen molar-refractivity contribution >= 4 is 11.8 Å². The molecule has 1 aliphatic rings. The van der Waals surface area contributed by atoms with Gasteiger partial charge in [0.2, 0.25) is 5.91 Å². The fourth-order valence-electron chi connectivity index (χ4n) is 5.68. The highest BCUT2D eigenvalue weighted by molar-refractivity contribution is 5.98. The second-order valence-corrected chi connectivity index (χ2v) is 11.9. The maximum atomic E-state index is 14.1. The van der Waals surface area contributed by atoms with E-state index in [1.54, 1.807) is 56.0 Å². The minimum absolute atomic E-state index is 0.246. The molecule has 9 heteroatoms.